The van der Waals surface area contributed by atoms with Crippen LogP contribution in [-0.2, 0) is 5.41 Å². The van der Waals surface area contributed by atoms with Crippen LogP contribution in [0.4, 0.5) is 0 Å². The van der Waals surface area contributed by atoms with Gasteiger partial charge in [-0.3, -0.25) is 4.57 Å². The first kappa shape index (κ1) is 13.3. The molecule has 1 aliphatic rings. The Morgan fingerprint density at radius 3 is 2.55 bits per heavy atom. The monoisotopic (exact) mass is 270 g/mol. The van der Waals surface area contributed by atoms with E-state index in [0.29, 0.717) is 6.04 Å². The van der Waals surface area contributed by atoms with Crippen LogP contribution in [0, 0.1) is 0 Å². The van der Waals surface area contributed by atoms with E-state index in [9.17, 15) is 0 Å². The van der Waals surface area contributed by atoms with Crippen molar-refractivity contribution in [1.82, 2.24) is 20.1 Å². The molecule has 0 amide bonds. The maximum Gasteiger partial charge on any atom is 0.154 e. The topological polar surface area (TPSA) is 42.7 Å². The first-order valence-corrected chi connectivity index (χ1v) is 7.30. The number of nitrogens with zero attached hydrogens (tertiary/aromatic N) is 3. The van der Waals surface area contributed by atoms with Crippen molar-refractivity contribution in [3.8, 4) is 5.69 Å². The molecule has 1 aliphatic heterocycles. The van der Waals surface area contributed by atoms with E-state index < -0.39 is 0 Å². The molecule has 1 N–H and O–H groups in total. The van der Waals surface area contributed by atoms with Crippen LogP contribution in [0.1, 0.15) is 51.0 Å². The molecule has 0 spiro atoms. The molecule has 0 saturated carbocycles. The van der Waals surface area contributed by atoms with Crippen LogP contribution in [0.2, 0.25) is 0 Å². The Balaban J connectivity index is 1.92. The lowest BCUT2D eigenvalue weighted by Crippen LogP contribution is -2.17. The molecule has 4 nitrogen and oxygen atoms in total. The molecule has 2 heterocycles. The maximum atomic E-state index is 4.30. The molecule has 0 aliphatic carbocycles. The molecule has 20 heavy (non-hydrogen) atoms. The number of rotatable bonds is 2. The third-order valence-electron chi connectivity index (χ3n) is 3.96. The van der Waals surface area contributed by atoms with Gasteiger partial charge in [-0.25, -0.2) is 0 Å². The Hall–Kier alpha value is -1.68. The lowest BCUT2D eigenvalue weighted by molar-refractivity contribution is 0.587. The Morgan fingerprint density at radius 2 is 1.95 bits per heavy atom. The van der Waals surface area contributed by atoms with Crippen molar-refractivity contribution in [1.29, 1.82) is 0 Å². The van der Waals surface area contributed by atoms with Crippen molar-refractivity contribution in [2.24, 2.45) is 0 Å². The van der Waals surface area contributed by atoms with E-state index in [1.165, 1.54) is 12.0 Å². The van der Waals surface area contributed by atoms with Gasteiger partial charge in [0, 0.05) is 5.69 Å². The summed E-state index contributed by atoms with van der Waals surface area (Å²) in [6.45, 7) is 7.76. The average molecular weight is 270 g/mol. The standard InChI is InChI=1S/C16H22N4/c1-16(2,3)12-6-8-13(9-7-12)20-11-18-19-15(20)14-5-4-10-17-14/h6-9,11,14,17H,4-5,10H2,1-3H3. The summed E-state index contributed by atoms with van der Waals surface area (Å²) in [6.07, 6.45) is 4.15. The molecule has 1 atom stereocenters. The van der Waals surface area contributed by atoms with Gasteiger partial charge >= 0.3 is 0 Å². The Kier molecular flexibility index (Phi) is 3.34. The first-order valence-electron chi connectivity index (χ1n) is 7.30. The summed E-state index contributed by atoms with van der Waals surface area (Å²) in [5.41, 5.74) is 2.66. The van der Waals surface area contributed by atoms with Crippen LogP contribution < -0.4 is 5.32 Å². The van der Waals surface area contributed by atoms with Gasteiger partial charge in [0.25, 0.3) is 0 Å². The summed E-state index contributed by atoms with van der Waals surface area (Å²) in [5, 5.41) is 11.9. The van der Waals surface area contributed by atoms with Crippen LogP contribution in [0.25, 0.3) is 5.69 Å². The highest BCUT2D eigenvalue weighted by Crippen LogP contribution is 2.26. The minimum absolute atomic E-state index is 0.182. The largest absolute Gasteiger partial charge is 0.307 e. The van der Waals surface area contributed by atoms with Gasteiger partial charge in [0.15, 0.2) is 5.82 Å². The molecule has 0 radical (unpaired) electrons. The summed E-state index contributed by atoms with van der Waals surface area (Å²) in [4.78, 5) is 0. The van der Waals surface area contributed by atoms with E-state index >= 15 is 0 Å². The van der Waals surface area contributed by atoms with Crippen molar-refractivity contribution in [2.45, 2.75) is 45.1 Å². The molecular weight excluding hydrogens is 248 g/mol. The zero-order chi connectivity index (χ0) is 14.2. The highest BCUT2D eigenvalue weighted by atomic mass is 15.3. The van der Waals surface area contributed by atoms with E-state index in [2.05, 4.69) is 65.1 Å². The quantitative estimate of drug-likeness (QED) is 0.912. The summed E-state index contributed by atoms with van der Waals surface area (Å²) in [5.74, 6) is 1.02. The fourth-order valence-corrected chi connectivity index (χ4v) is 2.71. The zero-order valence-electron chi connectivity index (χ0n) is 12.4. The van der Waals surface area contributed by atoms with Crippen LogP contribution in [-0.4, -0.2) is 21.3 Å². The molecule has 2 aromatic rings. The third kappa shape index (κ3) is 2.48. The summed E-state index contributed by atoms with van der Waals surface area (Å²) in [6, 6.07) is 9.03. The van der Waals surface area contributed by atoms with Gasteiger partial charge in [-0.2, -0.15) is 0 Å². The second-order valence-electron chi connectivity index (χ2n) is 6.50. The SMILES string of the molecule is CC(C)(C)c1ccc(-n2cnnc2C2CCCN2)cc1. The minimum Gasteiger partial charge on any atom is -0.307 e. The number of aromatic nitrogens is 3. The second kappa shape index (κ2) is 5.02. The minimum atomic E-state index is 0.182. The van der Waals surface area contributed by atoms with E-state index in [-0.39, 0.29) is 5.41 Å². The van der Waals surface area contributed by atoms with Crippen LogP contribution >= 0.6 is 0 Å². The van der Waals surface area contributed by atoms with Gasteiger partial charge in [0.2, 0.25) is 0 Å². The molecule has 0 bridgehead atoms. The lowest BCUT2D eigenvalue weighted by atomic mass is 9.87. The van der Waals surface area contributed by atoms with Crippen molar-refractivity contribution in [3.63, 3.8) is 0 Å². The summed E-state index contributed by atoms with van der Waals surface area (Å²) < 4.78 is 2.09. The number of hydrogen-bond donors (Lipinski definition) is 1. The fourth-order valence-electron chi connectivity index (χ4n) is 2.71. The van der Waals surface area contributed by atoms with E-state index in [1.54, 1.807) is 6.33 Å². The Labute approximate surface area is 120 Å². The molecule has 3 rings (SSSR count). The predicted octanol–water partition coefficient (Wildman–Crippen LogP) is 2.99. The maximum absolute atomic E-state index is 4.30. The molecule has 4 heteroatoms. The molecule has 1 fully saturated rings. The Morgan fingerprint density at radius 1 is 1.20 bits per heavy atom. The molecule has 1 aromatic carbocycles. The van der Waals surface area contributed by atoms with Gasteiger partial charge in [-0.15, -0.1) is 10.2 Å². The van der Waals surface area contributed by atoms with Crippen LogP contribution in [0.15, 0.2) is 30.6 Å². The van der Waals surface area contributed by atoms with Gasteiger partial charge in [-0.1, -0.05) is 32.9 Å². The van der Waals surface area contributed by atoms with Crippen molar-refractivity contribution in [2.75, 3.05) is 6.54 Å². The van der Waals surface area contributed by atoms with Gasteiger partial charge in [0.05, 0.1) is 6.04 Å². The Bertz CT molecular complexity index is 571. The third-order valence-corrected chi connectivity index (χ3v) is 3.96. The van der Waals surface area contributed by atoms with Crippen molar-refractivity contribution >= 4 is 0 Å². The number of nitrogens with one attached hydrogen (secondary N) is 1. The average Bonchev–Trinajstić information content (AvgIpc) is 3.08. The fraction of sp³-hybridized carbons (Fsp3) is 0.500. The molecule has 1 aromatic heterocycles. The molecule has 106 valence electrons. The molecule has 1 unspecified atom stereocenters. The highest BCUT2D eigenvalue weighted by molar-refractivity contribution is 5.38. The summed E-state index contributed by atoms with van der Waals surface area (Å²) in [7, 11) is 0. The number of benzene rings is 1. The lowest BCUT2D eigenvalue weighted by Gasteiger charge is -2.19. The first-order chi connectivity index (χ1) is 9.55. The van der Waals surface area contributed by atoms with E-state index in [0.717, 1.165) is 24.5 Å². The second-order valence-corrected chi connectivity index (χ2v) is 6.50. The molecular formula is C16H22N4. The molecule has 1 saturated heterocycles. The van der Waals surface area contributed by atoms with Crippen molar-refractivity contribution in [3.05, 3.63) is 42.0 Å². The van der Waals surface area contributed by atoms with Gasteiger partial charge < -0.3 is 5.32 Å². The smallest absolute Gasteiger partial charge is 0.154 e. The van der Waals surface area contributed by atoms with Gasteiger partial charge in [-0.05, 0) is 42.5 Å². The normalized spacial score (nSPS) is 19.4. The predicted molar refractivity (Wildman–Crippen MR) is 80.0 cm³/mol. The van der Waals surface area contributed by atoms with Crippen LogP contribution in [0.5, 0.6) is 0 Å². The van der Waals surface area contributed by atoms with E-state index in [1.807, 2.05) is 0 Å². The van der Waals surface area contributed by atoms with Crippen LogP contribution in [0.3, 0.4) is 0 Å². The number of hydrogen-bond acceptors (Lipinski definition) is 3. The van der Waals surface area contributed by atoms with Gasteiger partial charge in [0.1, 0.15) is 6.33 Å². The highest BCUT2D eigenvalue weighted by Gasteiger charge is 2.22. The van der Waals surface area contributed by atoms with Crippen molar-refractivity contribution < 1.29 is 0 Å². The zero-order valence-corrected chi connectivity index (χ0v) is 12.4. The summed E-state index contributed by atoms with van der Waals surface area (Å²) >= 11 is 0. The van der Waals surface area contributed by atoms with E-state index in [4.69, 9.17) is 0 Å².